The van der Waals surface area contributed by atoms with Crippen molar-refractivity contribution in [2.24, 2.45) is 5.92 Å². The van der Waals surface area contributed by atoms with Gasteiger partial charge in [0.2, 0.25) is 5.91 Å². The summed E-state index contributed by atoms with van der Waals surface area (Å²) in [6.07, 6.45) is 7.41. The second-order valence-electron chi connectivity index (χ2n) is 4.77. The number of carbonyl (C=O) groups excluding carboxylic acids is 1. The molecule has 1 saturated carbocycles. The summed E-state index contributed by atoms with van der Waals surface area (Å²) < 4.78 is 5.31. The molecule has 6 nitrogen and oxygen atoms in total. The predicted octanol–water partition coefficient (Wildman–Crippen LogP) is 1.40. The number of aromatic nitrogens is 2. The number of furan rings is 1. The standard InChI is InChI=1S/C14H16N4O2/c19-14(11-8-10(11)12-2-1-7-20-12)18-6-5-17-13-9-15-3-4-16-13/h1-4,7,9-11H,5-6,8H2,(H,16,17)(H,18,19)/t10-,11-/m1/s1. The van der Waals surface area contributed by atoms with E-state index in [1.54, 1.807) is 24.9 Å². The molecular formula is C14H16N4O2. The third-order valence-corrected chi connectivity index (χ3v) is 3.33. The van der Waals surface area contributed by atoms with Crippen molar-refractivity contribution in [3.05, 3.63) is 42.7 Å². The van der Waals surface area contributed by atoms with Crippen LogP contribution in [0.25, 0.3) is 0 Å². The number of anilines is 1. The smallest absolute Gasteiger partial charge is 0.223 e. The number of rotatable bonds is 6. The summed E-state index contributed by atoms with van der Waals surface area (Å²) in [7, 11) is 0. The molecule has 1 aliphatic carbocycles. The molecule has 2 aromatic rings. The van der Waals surface area contributed by atoms with Crippen molar-refractivity contribution in [1.29, 1.82) is 0 Å². The van der Waals surface area contributed by atoms with Crippen LogP contribution in [0.1, 0.15) is 18.1 Å². The van der Waals surface area contributed by atoms with Gasteiger partial charge in [0, 0.05) is 37.3 Å². The highest BCUT2D eigenvalue weighted by atomic mass is 16.3. The summed E-state index contributed by atoms with van der Waals surface area (Å²) in [5, 5.41) is 6.01. The molecule has 2 atom stereocenters. The van der Waals surface area contributed by atoms with Gasteiger partial charge < -0.3 is 15.1 Å². The number of amides is 1. The van der Waals surface area contributed by atoms with Gasteiger partial charge in [-0.05, 0) is 18.6 Å². The highest BCUT2D eigenvalue weighted by molar-refractivity contribution is 5.82. The zero-order valence-corrected chi connectivity index (χ0v) is 11.0. The minimum atomic E-state index is 0.0534. The van der Waals surface area contributed by atoms with Gasteiger partial charge in [-0.3, -0.25) is 9.78 Å². The average Bonchev–Trinajstić information content (AvgIpc) is 3.10. The Balaban J connectivity index is 1.36. The maximum absolute atomic E-state index is 11.9. The SMILES string of the molecule is O=C(NCCNc1cnccn1)[C@@H]1C[C@H]1c1ccco1. The van der Waals surface area contributed by atoms with Gasteiger partial charge in [0.05, 0.1) is 12.5 Å². The predicted molar refractivity (Wildman–Crippen MR) is 73.1 cm³/mol. The fourth-order valence-electron chi connectivity index (χ4n) is 2.20. The molecule has 20 heavy (non-hydrogen) atoms. The van der Waals surface area contributed by atoms with Crippen LogP contribution in [0, 0.1) is 5.92 Å². The molecule has 0 unspecified atom stereocenters. The zero-order valence-electron chi connectivity index (χ0n) is 11.0. The van der Waals surface area contributed by atoms with Gasteiger partial charge in [0.1, 0.15) is 11.6 Å². The van der Waals surface area contributed by atoms with Crippen molar-refractivity contribution in [1.82, 2.24) is 15.3 Å². The van der Waals surface area contributed by atoms with E-state index in [0.29, 0.717) is 18.9 Å². The Labute approximate surface area is 116 Å². The zero-order chi connectivity index (χ0) is 13.8. The molecule has 2 N–H and O–H groups in total. The summed E-state index contributed by atoms with van der Waals surface area (Å²) in [5.41, 5.74) is 0. The Bertz CT molecular complexity index is 556. The lowest BCUT2D eigenvalue weighted by Crippen LogP contribution is -2.30. The number of nitrogens with one attached hydrogen (secondary N) is 2. The normalized spacial score (nSPS) is 20.4. The second-order valence-corrected chi connectivity index (χ2v) is 4.77. The van der Waals surface area contributed by atoms with Crippen LogP contribution in [-0.2, 0) is 4.79 Å². The third kappa shape index (κ3) is 2.96. The Hall–Kier alpha value is -2.37. The maximum Gasteiger partial charge on any atom is 0.223 e. The summed E-state index contributed by atoms with van der Waals surface area (Å²) in [6.45, 7) is 1.19. The third-order valence-electron chi connectivity index (χ3n) is 3.33. The van der Waals surface area contributed by atoms with Crippen LogP contribution in [0.3, 0.4) is 0 Å². The molecule has 1 aliphatic rings. The van der Waals surface area contributed by atoms with Gasteiger partial charge in [-0.2, -0.15) is 0 Å². The van der Waals surface area contributed by atoms with Gasteiger partial charge in [-0.1, -0.05) is 0 Å². The van der Waals surface area contributed by atoms with E-state index in [1.165, 1.54) is 0 Å². The summed E-state index contributed by atoms with van der Waals surface area (Å²) in [4.78, 5) is 20.0. The molecule has 2 heterocycles. The van der Waals surface area contributed by atoms with Crippen LogP contribution in [0.4, 0.5) is 5.82 Å². The molecule has 0 bridgehead atoms. The summed E-state index contributed by atoms with van der Waals surface area (Å²) in [6, 6.07) is 3.78. The molecular weight excluding hydrogens is 256 g/mol. The van der Waals surface area contributed by atoms with Crippen molar-refractivity contribution in [3.8, 4) is 0 Å². The molecule has 0 radical (unpaired) electrons. The summed E-state index contributed by atoms with van der Waals surface area (Å²) in [5.74, 6) is 2.01. The van der Waals surface area contributed by atoms with Crippen molar-refractivity contribution in [2.45, 2.75) is 12.3 Å². The minimum Gasteiger partial charge on any atom is -0.469 e. The number of nitrogens with zero attached hydrogens (tertiary/aromatic N) is 2. The minimum absolute atomic E-state index is 0.0534. The molecule has 1 amide bonds. The van der Waals surface area contributed by atoms with E-state index in [2.05, 4.69) is 20.6 Å². The molecule has 0 aliphatic heterocycles. The lowest BCUT2D eigenvalue weighted by atomic mass is 10.2. The second kappa shape index (κ2) is 5.73. The number of hydrogen-bond acceptors (Lipinski definition) is 5. The van der Waals surface area contributed by atoms with Crippen molar-refractivity contribution in [3.63, 3.8) is 0 Å². The first kappa shape index (κ1) is 12.7. The number of carbonyl (C=O) groups is 1. The highest BCUT2D eigenvalue weighted by Gasteiger charge is 2.45. The number of hydrogen-bond donors (Lipinski definition) is 2. The van der Waals surface area contributed by atoms with E-state index >= 15 is 0 Å². The van der Waals surface area contributed by atoms with Gasteiger partial charge in [-0.15, -0.1) is 0 Å². The van der Waals surface area contributed by atoms with Crippen LogP contribution in [0.2, 0.25) is 0 Å². The topological polar surface area (TPSA) is 80.0 Å². The highest BCUT2D eigenvalue weighted by Crippen LogP contribution is 2.47. The maximum atomic E-state index is 11.9. The molecule has 6 heteroatoms. The first-order valence-corrected chi connectivity index (χ1v) is 6.65. The molecule has 2 aromatic heterocycles. The fourth-order valence-corrected chi connectivity index (χ4v) is 2.20. The van der Waals surface area contributed by atoms with Gasteiger partial charge >= 0.3 is 0 Å². The first-order chi connectivity index (χ1) is 9.84. The van der Waals surface area contributed by atoms with E-state index in [4.69, 9.17) is 4.42 Å². The van der Waals surface area contributed by atoms with Gasteiger partial charge in [0.25, 0.3) is 0 Å². The van der Waals surface area contributed by atoms with E-state index in [-0.39, 0.29) is 17.7 Å². The van der Waals surface area contributed by atoms with Crippen LogP contribution in [-0.4, -0.2) is 29.0 Å². The molecule has 0 aromatic carbocycles. The molecule has 104 valence electrons. The molecule has 1 fully saturated rings. The molecule has 0 spiro atoms. The van der Waals surface area contributed by atoms with Crippen LogP contribution in [0.5, 0.6) is 0 Å². The van der Waals surface area contributed by atoms with Crippen molar-refractivity contribution < 1.29 is 9.21 Å². The lowest BCUT2D eigenvalue weighted by Gasteiger charge is -2.06. The summed E-state index contributed by atoms with van der Waals surface area (Å²) >= 11 is 0. The molecule has 3 rings (SSSR count). The largest absolute Gasteiger partial charge is 0.469 e. The van der Waals surface area contributed by atoms with Crippen molar-refractivity contribution >= 4 is 11.7 Å². The van der Waals surface area contributed by atoms with Crippen LogP contribution in [0.15, 0.2) is 41.4 Å². The quantitative estimate of drug-likeness (QED) is 0.777. The Morgan fingerprint density at radius 2 is 2.35 bits per heavy atom. The lowest BCUT2D eigenvalue weighted by molar-refractivity contribution is -0.122. The monoisotopic (exact) mass is 272 g/mol. The first-order valence-electron chi connectivity index (χ1n) is 6.65. The van der Waals surface area contributed by atoms with E-state index in [9.17, 15) is 4.79 Å². The van der Waals surface area contributed by atoms with E-state index in [1.807, 2.05) is 12.1 Å². The van der Waals surface area contributed by atoms with Crippen LogP contribution < -0.4 is 10.6 Å². The Morgan fingerprint density at radius 1 is 1.40 bits per heavy atom. The Kier molecular flexibility index (Phi) is 3.62. The average molecular weight is 272 g/mol. The molecule has 0 saturated heterocycles. The Morgan fingerprint density at radius 3 is 3.10 bits per heavy atom. The van der Waals surface area contributed by atoms with Gasteiger partial charge in [-0.25, -0.2) is 4.98 Å². The van der Waals surface area contributed by atoms with Crippen LogP contribution >= 0.6 is 0 Å². The fraction of sp³-hybridized carbons (Fsp3) is 0.357. The van der Waals surface area contributed by atoms with Gasteiger partial charge in [0.15, 0.2) is 0 Å². The van der Waals surface area contributed by atoms with E-state index in [0.717, 1.165) is 12.2 Å². The van der Waals surface area contributed by atoms with E-state index < -0.39 is 0 Å². The van der Waals surface area contributed by atoms with Crippen molar-refractivity contribution in [2.75, 3.05) is 18.4 Å².